The molecule has 9 heteroatoms. The molecule has 26 heavy (non-hydrogen) atoms. The Morgan fingerprint density at radius 2 is 1.81 bits per heavy atom. The summed E-state index contributed by atoms with van der Waals surface area (Å²) < 4.78 is 34.9. The fourth-order valence-electron chi connectivity index (χ4n) is 2.60. The van der Waals surface area contributed by atoms with Crippen LogP contribution in [0.15, 0.2) is 36.4 Å². The number of imidazole rings is 1. The summed E-state index contributed by atoms with van der Waals surface area (Å²) in [5, 5.41) is 2.64. The zero-order valence-corrected chi connectivity index (χ0v) is 13.8. The number of nitrogens with one attached hydrogen (secondary N) is 2. The number of aromatic amines is 1. The lowest BCUT2D eigenvalue weighted by Gasteiger charge is -2.12. The average molecular weight is 360 g/mol. The zero-order valence-electron chi connectivity index (χ0n) is 13.8. The van der Waals surface area contributed by atoms with Gasteiger partial charge in [-0.3, -0.25) is 10.1 Å². The van der Waals surface area contributed by atoms with E-state index in [1.54, 1.807) is 12.1 Å². The maximum absolute atomic E-state index is 13.1. The molecule has 0 bridgehead atoms. The normalized spacial score (nSPS) is 14.5. The average Bonchev–Trinajstić information content (AvgIpc) is 3.09. The Morgan fingerprint density at radius 1 is 1.15 bits per heavy atom. The predicted molar refractivity (Wildman–Crippen MR) is 91.0 cm³/mol. The van der Waals surface area contributed by atoms with E-state index in [0.29, 0.717) is 16.6 Å². The summed E-state index contributed by atoms with van der Waals surface area (Å²) in [4.78, 5) is 21.3. The number of amides is 1. The van der Waals surface area contributed by atoms with Gasteiger partial charge in [-0.05, 0) is 24.3 Å². The number of anilines is 2. The molecular formula is C17H14F2N4O3. The van der Waals surface area contributed by atoms with E-state index in [9.17, 15) is 13.6 Å². The molecule has 0 radical (unpaired) electrons. The highest BCUT2D eigenvalue weighted by molar-refractivity contribution is 6.04. The maximum Gasteiger partial charge on any atom is 0.586 e. The summed E-state index contributed by atoms with van der Waals surface area (Å²) in [7, 11) is 3.81. The number of benzene rings is 2. The first-order valence-electron chi connectivity index (χ1n) is 7.69. The van der Waals surface area contributed by atoms with Crippen molar-refractivity contribution in [2.75, 3.05) is 24.3 Å². The molecule has 0 saturated heterocycles. The van der Waals surface area contributed by atoms with Gasteiger partial charge in [0.1, 0.15) is 0 Å². The summed E-state index contributed by atoms with van der Waals surface area (Å²) in [6, 6.07) is 9.72. The first-order valence-corrected chi connectivity index (χ1v) is 7.69. The minimum atomic E-state index is -3.68. The fourth-order valence-corrected chi connectivity index (χ4v) is 2.60. The summed E-state index contributed by atoms with van der Waals surface area (Å²) in [5.74, 6) is -0.354. The molecule has 2 aromatic carbocycles. The molecule has 7 nitrogen and oxygen atoms in total. The van der Waals surface area contributed by atoms with Crippen LogP contribution >= 0.6 is 0 Å². The van der Waals surface area contributed by atoms with Crippen LogP contribution in [0, 0.1) is 0 Å². The van der Waals surface area contributed by atoms with Crippen molar-refractivity contribution >= 4 is 28.6 Å². The van der Waals surface area contributed by atoms with Crippen LogP contribution in [-0.4, -0.2) is 36.3 Å². The topological polar surface area (TPSA) is 79.5 Å². The number of nitrogens with zero attached hydrogens (tertiary/aromatic N) is 2. The molecule has 0 atom stereocenters. The fraction of sp³-hybridized carbons (Fsp3) is 0.176. The van der Waals surface area contributed by atoms with Gasteiger partial charge in [0.25, 0.3) is 5.91 Å². The van der Waals surface area contributed by atoms with Crippen LogP contribution in [0.25, 0.3) is 11.0 Å². The number of carbonyl (C=O) groups is 1. The number of H-pyrrole nitrogens is 1. The Kier molecular flexibility index (Phi) is 3.46. The molecule has 0 fully saturated rings. The molecular weight excluding hydrogens is 346 g/mol. The highest BCUT2D eigenvalue weighted by Crippen LogP contribution is 2.42. The number of fused-ring (bicyclic) bond motifs is 2. The van der Waals surface area contributed by atoms with Crippen LogP contribution in [0.4, 0.5) is 20.4 Å². The van der Waals surface area contributed by atoms with E-state index in [1.165, 1.54) is 12.1 Å². The Hall–Kier alpha value is -3.36. The molecule has 134 valence electrons. The van der Waals surface area contributed by atoms with E-state index in [0.717, 1.165) is 5.69 Å². The number of alkyl halides is 2. The molecule has 1 aromatic heterocycles. The van der Waals surface area contributed by atoms with Crippen molar-refractivity contribution in [1.29, 1.82) is 0 Å². The molecule has 4 rings (SSSR count). The van der Waals surface area contributed by atoms with E-state index in [4.69, 9.17) is 0 Å². The van der Waals surface area contributed by atoms with Crippen LogP contribution in [0.2, 0.25) is 0 Å². The monoisotopic (exact) mass is 360 g/mol. The zero-order chi connectivity index (χ0) is 18.5. The number of hydrogen-bond acceptors (Lipinski definition) is 5. The number of carbonyl (C=O) groups excluding carboxylic acids is 1. The Labute approximate surface area is 146 Å². The highest BCUT2D eigenvalue weighted by atomic mass is 19.3. The largest absolute Gasteiger partial charge is 0.586 e. The van der Waals surface area contributed by atoms with E-state index in [-0.39, 0.29) is 23.4 Å². The van der Waals surface area contributed by atoms with Gasteiger partial charge in [0.15, 0.2) is 11.5 Å². The second-order valence-corrected chi connectivity index (χ2v) is 5.96. The molecule has 2 heterocycles. The number of ether oxygens (including phenoxy) is 2. The standard InChI is InChI=1S/C17H14F2N4O3/c1-23(2)10-5-3-9(4-6-10)15(24)22-16-20-11-7-13-14(8-12(11)21-16)26-17(18,19)25-13/h3-8H,1-2H3,(H2,20,21,22,24). The molecule has 3 aromatic rings. The second-order valence-electron chi connectivity index (χ2n) is 5.96. The lowest BCUT2D eigenvalue weighted by molar-refractivity contribution is -0.286. The van der Waals surface area contributed by atoms with Gasteiger partial charge in [0.05, 0.1) is 11.0 Å². The number of halogens is 2. The third-order valence-electron chi connectivity index (χ3n) is 3.88. The van der Waals surface area contributed by atoms with Gasteiger partial charge in [-0.2, -0.15) is 0 Å². The minimum Gasteiger partial charge on any atom is -0.395 e. The third-order valence-corrected chi connectivity index (χ3v) is 3.88. The molecule has 0 unspecified atom stereocenters. The minimum absolute atomic E-state index is 0.0942. The van der Waals surface area contributed by atoms with Crippen molar-refractivity contribution < 1.29 is 23.0 Å². The molecule has 1 aliphatic rings. The summed E-state index contributed by atoms with van der Waals surface area (Å²) >= 11 is 0. The SMILES string of the molecule is CN(C)c1ccc(C(=O)Nc2nc3cc4c(cc3[nH]2)OC(F)(F)O4)cc1. The summed E-state index contributed by atoms with van der Waals surface area (Å²) in [6.07, 6.45) is -3.68. The van der Waals surface area contributed by atoms with E-state index >= 15 is 0 Å². The number of rotatable bonds is 3. The van der Waals surface area contributed by atoms with Crippen molar-refractivity contribution in [3.8, 4) is 11.5 Å². The third kappa shape index (κ3) is 2.87. The van der Waals surface area contributed by atoms with Gasteiger partial charge in [-0.1, -0.05) is 0 Å². The Balaban J connectivity index is 1.55. The quantitative estimate of drug-likeness (QED) is 0.750. The Bertz CT molecular complexity index is 954. The summed E-state index contributed by atoms with van der Waals surface area (Å²) in [6.45, 7) is 0. The van der Waals surface area contributed by atoms with Crippen molar-refractivity contribution in [3.05, 3.63) is 42.0 Å². The maximum atomic E-state index is 13.1. The first-order chi connectivity index (χ1) is 12.3. The van der Waals surface area contributed by atoms with Gasteiger partial charge in [0.2, 0.25) is 5.95 Å². The van der Waals surface area contributed by atoms with Gasteiger partial charge in [-0.15, -0.1) is 8.78 Å². The first kappa shape index (κ1) is 16.1. The molecule has 1 amide bonds. The van der Waals surface area contributed by atoms with E-state index < -0.39 is 6.29 Å². The predicted octanol–water partition coefficient (Wildman–Crippen LogP) is 3.20. The molecule has 2 N–H and O–H groups in total. The molecule has 0 aliphatic carbocycles. The number of aromatic nitrogens is 2. The van der Waals surface area contributed by atoms with Gasteiger partial charge in [-0.25, -0.2) is 4.98 Å². The molecule has 0 saturated carbocycles. The van der Waals surface area contributed by atoms with Crippen LogP contribution in [0.5, 0.6) is 11.5 Å². The lowest BCUT2D eigenvalue weighted by atomic mass is 10.2. The molecule has 1 aliphatic heterocycles. The Morgan fingerprint density at radius 3 is 2.46 bits per heavy atom. The molecule has 0 spiro atoms. The smallest absolute Gasteiger partial charge is 0.395 e. The van der Waals surface area contributed by atoms with Crippen molar-refractivity contribution in [3.63, 3.8) is 0 Å². The van der Waals surface area contributed by atoms with E-state index in [2.05, 4.69) is 24.8 Å². The van der Waals surface area contributed by atoms with Crippen LogP contribution in [0.3, 0.4) is 0 Å². The van der Waals surface area contributed by atoms with Crippen LogP contribution in [0.1, 0.15) is 10.4 Å². The van der Waals surface area contributed by atoms with Crippen molar-refractivity contribution in [1.82, 2.24) is 9.97 Å². The highest BCUT2D eigenvalue weighted by Gasteiger charge is 2.43. The lowest BCUT2D eigenvalue weighted by Crippen LogP contribution is -2.25. The summed E-state index contributed by atoms with van der Waals surface area (Å²) in [5.41, 5.74) is 2.23. The van der Waals surface area contributed by atoms with Crippen molar-refractivity contribution in [2.24, 2.45) is 0 Å². The van der Waals surface area contributed by atoms with Gasteiger partial charge in [0, 0.05) is 37.5 Å². The second kappa shape index (κ2) is 5.58. The van der Waals surface area contributed by atoms with Crippen molar-refractivity contribution in [2.45, 2.75) is 6.29 Å². The van der Waals surface area contributed by atoms with E-state index in [1.807, 2.05) is 31.1 Å². The van der Waals surface area contributed by atoms with Gasteiger partial charge < -0.3 is 19.4 Å². The van der Waals surface area contributed by atoms with Crippen LogP contribution < -0.4 is 19.7 Å². The number of hydrogen-bond donors (Lipinski definition) is 2. The van der Waals surface area contributed by atoms with Crippen LogP contribution in [-0.2, 0) is 0 Å². The van der Waals surface area contributed by atoms with Gasteiger partial charge >= 0.3 is 6.29 Å².